The van der Waals surface area contributed by atoms with Crippen LogP contribution < -0.4 is 19.3 Å². The summed E-state index contributed by atoms with van der Waals surface area (Å²) in [5.41, 5.74) is 2.86. The topological polar surface area (TPSA) is 75.5 Å². The van der Waals surface area contributed by atoms with Crippen molar-refractivity contribution in [1.29, 1.82) is 0 Å². The van der Waals surface area contributed by atoms with Crippen LogP contribution in [0.1, 0.15) is 21.9 Å². The van der Waals surface area contributed by atoms with E-state index in [1.807, 2.05) is 49.4 Å². The number of fused-ring (bicyclic) bond motifs is 1. The highest BCUT2D eigenvalue weighted by molar-refractivity contribution is 5.98. The van der Waals surface area contributed by atoms with Gasteiger partial charge >= 0.3 is 0 Å². The second-order valence-electron chi connectivity index (χ2n) is 8.48. The molecular weight excluding hydrogens is 434 g/mol. The maximum Gasteiger partial charge on any atom is 0.289 e. The van der Waals surface area contributed by atoms with Crippen molar-refractivity contribution < 1.29 is 23.5 Å². The molecule has 2 aliphatic heterocycles. The monoisotopic (exact) mass is 461 g/mol. The fourth-order valence-corrected chi connectivity index (χ4v) is 4.34. The Hall–Kier alpha value is -3.94. The third-order valence-electron chi connectivity index (χ3n) is 6.25. The van der Waals surface area contributed by atoms with E-state index >= 15 is 0 Å². The van der Waals surface area contributed by atoms with Gasteiger partial charge < -0.3 is 23.7 Å². The molecule has 1 aromatic heterocycles. The zero-order valence-corrected chi connectivity index (χ0v) is 19.3. The number of carbonyl (C=O) groups is 2. The van der Waals surface area contributed by atoms with E-state index in [2.05, 4.69) is 4.90 Å². The van der Waals surface area contributed by atoms with Gasteiger partial charge in [0, 0.05) is 31.9 Å². The van der Waals surface area contributed by atoms with Gasteiger partial charge in [0.1, 0.15) is 17.3 Å². The van der Waals surface area contributed by atoms with E-state index in [0.717, 1.165) is 35.8 Å². The maximum atomic E-state index is 13.0. The first-order valence-electron chi connectivity index (χ1n) is 11.3. The molecule has 0 saturated carbocycles. The summed E-state index contributed by atoms with van der Waals surface area (Å²) in [6.07, 6.45) is 0. The van der Waals surface area contributed by atoms with Gasteiger partial charge in [-0.15, -0.1) is 0 Å². The highest BCUT2D eigenvalue weighted by atomic mass is 16.5. The number of amides is 2. The fraction of sp³-hybridized carbons (Fsp3) is 0.308. The molecule has 2 aromatic carbocycles. The first-order chi connectivity index (χ1) is 16.5. The third kappa shape index (κ3) is 4.31. The molecule has 1 saturated heterocycles. The molecule has 0 aliphatic carbocycles. The highest BCUT2D eigenvalue weighted by Crippen LogP contribution is 2.34. The average molecular weight is 462 g/mol. The molecule has 8 nitrogen and oxygen atoms in total. The van der Waals surface area contributed by atoms with E-state index in [0.29, 0.717) is 24.6 Å². The molecule has 2 amide bonds. The summed E-state index contributed by atoms with van der Waals surface area (Å²) >= 11 is 0. The second kappa shape index (κ2) is 9.13. The number of ether oxygens (including phenoxy) is 2. The standard InChI is InChI=1S/C26H27N3O5/c1-18-3-9-23-22(15-18)29(25(30)17-33-23)16-21-8-10-24(34-21)26(31)28-13-11-27(12-14-28)19-4-6-20(32-2)7-5-19/h3-10,15H,11-14,16-17H2,1-2H3. The predicted octanol–water partition coefficient (Wildman–Crippen LogP) is 3.48. The van der Waals surface area contributed by atoms with Crippen LogP contribution in [0.4, 0.5) is 11.4 Å². The molecule has 2 aliphatic rings. The average Bonchev–Trinajstić information content (AvgIpc) is 3.34. The minimum atomic E-state index is -0.142. The number of furan rings is 1. The fourth-order valence-electron chi connectivity index (χ4n) is 4.34. The normalized spacial score (nSPS) is 15.7. The molecule has 0 atom stereocenters. The molecule has 0 spiro atoms. The summed E-state index contributed by atoms with van der Waals surface area (Å²) < 4.78 is 16.6. The minimum absolute atomic E-state index is 0.0129. The van der Waals surface area contributed by atoms with Crippen LogP contribution in [0.25, 0.3) is 0 Å². The molecule has 1 fully saturated rings. The smallest absolute Gasteiger partial charge is 0.289 e. The third-order valence-corrected chi connectivity index (χ3v) is 6.25. The zero-order chi connectivity index (χ0) is 23.7. The van der Waals surface area contributed by atoms with Crippen LogP contribution in [0.3, 0.4) is 0 Å². The molecule has 176 valence electrons. The molecular formula is C26H27N3O5. The van der Waals surface area contributed by atoms with Gasteiger partial charge in [0.25, 0.3) is 11.8 Å². The van der Waals surface area contributed by atoms with Crippen molar-refractivity contribution >= 4 is 23.2 Å². The van der Waals surface area contributed by atoms with Gasteiger partial charge in [-0.2, -0.15) is 0 Å². The molecule has 0 N–H and O–H groups in total. The Balaban J connectivity index is 1.23. The van der Waals surface area contributed by atoms with E-state index in [1.54, 1.807) is 29.0 Å². The van der Waals surface area contributed by atoms with Crippen molar-refractivity contribution in [2.45, 2.75) is 13.5 Å². The molecule has 0 unspecified atom stereocenters. The van der Waals surface area contributed by atoms with Crippen LogP contribution in [0.2, 0.25) is 0 Å². The van der Waals surface area contributed by atoms with Crippen molar-refractivity contribution in [2.75, 3.05) is 49.7 Å². The van der Waals surface area contributed by atoms with Crippen molar-refractivity contribution in [2.24, 2.45) is 0 Å². The number of piperazine rings is 1. The predicted molar refractivity (Wildman–Crippen MR) is 128 cm³/mol. The molecule has 3 heterocycles. The van der Waals surface area contributed by atoms with Crippen molar-refractivity contribution in [3.8, 4) is 11.5 Å². The molecule has 8 heteroatoms. The van der Waals surface area contributed by atoms with Crippen molar-refractivity contribution in [3.63, 3.8) is 0 Å². The second-order valence-corrected chi connectivity index (χ2v) is 8.48. The van der Waals surface area contributed by atoms with Gasteiger partial charge in [0.15, 0.2) is 12.4 Å². The number of benzene rings is 2. The lowest BCUT2D eigenvalue weighted by molar-refractivity contribution is -0.121. The quantitative estimate of drug-likeness (QED) is 0.579. The van der Waals surface area contributed by atoms with E-state index in [4.69, 9.17) is 13.9 Å². The van der Waals surface area contributed by atoms with E-state index in [1.165, 1.54) is 0 Å². The SMILES string of the molecule is COc1ccc(N2CCN(C(=O)c3ccc(CN4C(=O)COc5ccc(C)cc54)o3)CC2)cc1. The Morgan fingerprint density at radius 2 is 1.76 bits per heavy atom. The summed E-state index contributed by atoms with van der Waals surface area (Å²) in [6.45, 7) is 4.90. The summed E-state index contributed by atoms with van der Waals surface area (Å²) in [5, 5.41) is 0. The van der Waals surface area contributed by atoms with Crippen LogP contribution in [0.15, 0.2) is 59.0 Å². The lowest BCUT2D eigenvalue weighted by Crippen LogP contribution is -2.48. The molecule has 34 heavy (non-hydrogen) atoms. The largest absolute Gasteiger partial charge is 0.497 e. The Morgan fingerprint density at radius 3 is 2.50 bits per heavy atom. The lowest BCUT2D eigenvalue weighted by atomic mass is 10.1. The Morgan fingerprint density at radius 1 is 1.00 bits per heavy atom. The van der Waals surface area contributed by atoms with Crippen LogP contribution >= 0.6 is 0 Å². The molecule has 5 rings (SSSR count). The van der Waals surface area contributed by atoms with Crippen LogP contribution in [-0.2, 0) is 11.3 Å². The van der Waals surface area contributed by atoms with E-state index in [-0.39, 0.29) is 30.7 Å². The van der Waals surface area contributed by atoms with Gasteiger partial charge in [-0.25, -0.2) is 0 Å². The summed E-state index contributed by atoms with van der Waals surface area (Å²) in [6, 6.07) is 17.1. The number of methoxy groups -OCH3 is 1. The summed E-state index contributed by atoms with van der Waals surface area (Å²) in [5.74, 6) is 2.06. The maximum absolute atomic E-state index is 13.0. The first kappa shape index (κ1) is 21.9. The first-order valence-corrected chi connectivity index (χ1v) is 11.3. The van der Waals surface area contributed by atoms with Crippen LogP contribution in [-0.4, -0.2) is 56.6 Å². The Bertz CT molecular complexity index is 1200. The van der Waals surface area contributed by atoms with Crippen molar-refractivity contribution in [3.05, 3.63) is 71.7 Å². The van der Waals surface area contributed by atoms with Gasteiger partial charge in [0.2, 0.25) is 0 Å². The number of hydrogen-bond acceptors (Lipinski definition) is 6. The number of rotatable bonds is 5. The summed E-state index contributed by atoms with van der Waals surface area (Å²) in [4.78, 5) is 31.3. The number of carbonyl (C=O) groups excluding carboxylic acids is 2. The molecule has 3 aromatic rings. The van der Waals surface area contributed by atoms with E-state index in [9.17, 15) is 9.59 Å². The van der Waals surface area contributed by atoms with E-state index < -0.39 is 0 Å². The molecule has 0 radical (unpaired) electrons. The number of anilines is 2. The number of hydrogen-bond donors (Lipinski definition) is 0. The minimum Gasteiger partial charge on any atom is -0.497 e. The Kier molecular flexibility index (Phi) is 5.88. The van der Waals surface area contributed by atoms with Crippen molar-refractivity contribution in [1.82, 2.24) is 4.90 Å². The Labute approximate surface area is 198 Å². The van der Waals surface area contributed by atoms with Gasteiger partial charge in [-0.05, 0) is 61.0 Å². The van der Waals surface area contributed by atoms with Gasteiger partial charge in [-0.1, -0.05) is 6.07 Å². The zero-order valence-electron chi connectivity index (χ0n) is 19.3. The van der Waals surface area contributed by atoms with Crippen LogP contribution in [0.5, 0.6) is 11.5 Å². The van der Waals surface area contributed by atoms with Gasteiger partial charge in [-0.3, -0.25) is 14.5 Å². The number of nitrogens with zero attached hydrogens (tertiary/aromatic N) is 3. The number of aryl methyl sites for hydroxylation is 1. The summed E-state index contributed by atoms with van der Waals surface area (Å²) in [7, 11) is 1.65. The molecule has 0 bridgehead atoms. The highest BCUT2D eigenvalue weighted by Gasteiger charge is 2.28. The van der Waals surface area contributed by atoms with Crippen LogP contribution in [0, 0.1) is 6.92 Å². The lowest BCUT2D eigenvalue weighted by Gasteiger charge is -2.35. The van der Waals surface area contributed by atoms with Gasteiger partial charge in [0.05, 0.1) is 19.3 Å².